The average Bonchev–Trinajstić information content (AvgIpc) is 3.23. The van der Waals surface area contributed by atoms with E-state index >= 15 is 0 Å². The molecule has 1 saturated carbocycles. The summed E-state index contributed by atoms with van der Waals surface area (Å²) in [6, 6.07) is 2.12. The van der Waals surface area contributed by atoms with Gasteiger partial charge in [-0.15, -0.1) is 0 Å². The molecule has 1 N–H and O–H groups in total. The highest BCUT2D eigenvalue weighted by Crippen LogP contribution is 2.42. The number of rotatable bonds is 5. The largest absolute Gasteiger partial charge is 0.357 e. The molecule has 0 aliphatic heterocycles. The maximum absolute atomic E-state index is 6.23. The standard InChI is InChI=1S/C19H23ClN6/c1-12-16(22-18-21-9-15(20)17(23-18)13-5-6-13)11-26(24-12)19(2,3)14-7-8-25(4)10-14/h7-11,13H,5-6H2,1-4H3,(H,21,22,23). The third kappa shape index (κ3) is 3.09. The lowest BCUT2D eigenvalue weighted by Crippen LogP contribution is -2.27. The van der Waals surface area contributed by atoms with Gasteiger partial charge in [-0.3, -0.25) is 4.68 Å². The van der Waals surface area contributed by atoms with E-state index in [9.17, 15) is 0 Å². The molecule has 7 heteroatoms. The van der Waals surface area contributed by atoms with Crippen LogP contribution in [0.1, 0.15) is 49.6 Å². The third-order valence-corrected chi connectivity index (χ3v) is 5.28. The van der Waals surface area contributed by atoms with Crippen molar-refractivity contribution in [3.05, 3.63) is 52.8 Å². The van der Waals surface area contributed by atoms with Crippen LogP contribution >= 0.6 is 11.6 Å². The molecule has 4 rings (SSSR count). The average molecular weight is 371 g/mol. The van der Waals surface area contributed by atoms with Crippen LogP contribution in [0.3, 0.4) is 0 Å². The molecule has 1 aliphatic rings. The van der Waals surface area contributed by atoms with Gasteiger partial charge in [-0.2, -0.15) is 5.10 Å². The highest BCUT2D eigenvalue weighted by molar-refractivity contribution is 6.31. The molecule has 26 heavy (non-hydrogen) atoms. The molecular formula is C19H23ClN6. The number of aryl methyl sites for hydroxylation is 2. The fraction of sp³-hybridized carbons (Fsp3) is 0.421. The molecule has 0 unspecified atom stereocenters. The van der Waals surface area contributed by atoms with Crippen LogP contribution in [0.5, 0.6) is 0 Å². The summed E-state index contributed by atoms with van der Waals surface area (Å²) in [6.45, 7) is 6.29. The summed E-state index contributed by atoms with van der Waals surface area (Å²) in [5, 5.41) is 8.67. The maximum Gasteiger partial charge on any atom is 0.227 e. The molecule has 1 fully saturated rings. The van der Waals surface area contributed by atoms with Crippen LogP contribution in [0.4, 0.5) is 11.6 Å². The van der Waals surface area contributed by atoms with Gasteiger partial charge in [-0.1, -0.05) is 11.6 Å². The van der Waals surface area contributed by atoms with Gasteiger partial charge in [0.15, 0.2) is 0 Å². The van der Waals surface area contributed by atoms with Gasteiger partial charge in [-0.05, 0) is 45.2 Å². The zero-order valence-corrected chi connectivity index (χ0v) is 16.2. The SMILES string of the molecule is Cc1nn(C(C)(C)c2ccn(C)c2)cc1Nc1ncc(Cl)c(C2CC2)n1. The minimum atomic E-state index is -0.258. The van der Waals surface area contributed by atoms with Crippen molar-refractivity contribution in [1.29, 1.82) is 0 Å². The zero-order chi connectivity index (χ0) is 18.5. The van der Waals surface area contributed by atoms with Crippen molar-refractivity contribution in [2.24, 2.45) is 7.05 Å². The molecule has 3 aromatic heterocycles. The predicted octanol–water partition coefficient (Wildman–Crippen LogP) is 4.38. The summed E-state index contributed by atoms with van der Waals surface area (Å²) in [5.74, 6) is 1.04. The lowest BCUT2D eigenvalue weighted by Gasteiger charge is -2.24. The molecule has 0 saturated heterocycles. The Morgan fingerprint density at radius 3 is 2.69 bits per heavy atom. The second-order valence-corrected chi connectivity index (χ2v) is 7.93. The van der Waals surface area contributed by atoms with Crippen molar-refractivity contribution in [1.82, 2.24) is 24.3 Å². The molecule has 1 aliphatic carbocycles. The van der Waals surface area contributed by atoms with E-state index in [2.05, 4.69) is 41.4 Å². The summed E-state index contributed by atoms with van der Waals surface area (Å²) in [4.78, 5) is 8.93. The first-order valence-corrected chi connectivity index (χ1v) is 9.21. The molecule has 136 valence electrons. The van der Waals surface area contributed by atoms with Crippen LogP contribution < -0.4 is 5.32 Å². The van der Waals surface area contributed by atoms with Crippen LogP contribution in [0.2, 0.25) is 5.02 Å². The van der Waals surface area contributed by atoms with Crippen molar-refractivity contribution >= 4 is 23.2 Å². The Hall–Kier alpha value is -2.34. The fourth-order valence-electron chi connectivity index (χ4n) is 3.07. The van der Waals surface area contributed by atoms with Gasteiger partial charge >= 0.3 is 0 Å². The first-order chi connectivity index (χ1) is 12.3. The van der Waals surface area contributed by atoms with Gasteiger partial charge in [0.2, 0.25) is 5.95 Å². The molecule has 3 aromatic rings. The molecule has 0 radical (unpaired) electrons. The summed E-state index contributed by atoms with van der Waals surface area (Å²) < 4.78 is 4.03. The Labute approximate surface area is 158 Å². The van der Waals surface area contributed by atoms with E-state index in [4.69, 9.17) is 16.7 Å². The second-order valence-electron chi connectivity index (χ2n) is 7.52. The van der Waals surface area contributed by atoms with E-state index in [0.29, 0.717) is 16.9 Å². The normalized spacial score (nSPS) is 14.7. The number of nitrogens with zero attached hydrogens (tertiary/aromatic N) is 5. The summed E-state index contributed by atoms with van der Waals surface area (Å²) in [6.07, 6.45) is 10.2. The Balaban J connectivity index is 1.62. The molecule has 0 amide bonds. The van der Waals surface area contributed by atoms with E-state index in [1.54, 1.807) is 6.20 Å². The molecular weight excluding hydrogens is 348 g/mol. The zero-order valence-electron chi connectivity index (χ0n) is 15.5. The van der Waals surface area contributed by atoms with Crippen LogP contribution in [-0.2, 0) is 12.6 Å². The highest BCUT2D eigenvalue weighted by Gasteiger charge is 2.28. The molecule has 6 nitrogen and oxygen atoms in total. The monoisotopic (exact) mass is 370 g/mol. The first-order valence-electron chi connectivity index (χ1n) is 8.83. The van der Waals surface area contributed by atoms with Crippen LogP contribution in [0.15, 0.2) is 30.9 Å². The van der Waals surface area contributed by atoms with E-state index < -0.39 is 0 Å². The number of nitrogens with one attached hydrogen (secondary N) is 1. The van der Waals surface area contributed by atoms with E-state index in [-0.39, 0.29) is 5.54 Å². The molecule has 3 heterocycles. The van der Waals surface area contributed by atoms with Crippen LogP contribution in [0, 0.1) is 6.92 Å². The summed E-state index contributed by atoms with van der Waals surface area (Å²) in [5.41, 5.74) is 3.69. The lowest BCUT2D eigenvalue weighted by molar-refractivity contribution is 0.389. The molecule has 0 aromatic carbocycles. The molecule has 0 spiro atoms. The fourth-order valence-corrected chi connectivity index (χ4v) is 3.32. The van der Waals surface area contributed by atoms with Gasteiger partial charge < -0.3 is 9.88 Å². The van der Waals surface area contributed by atoms with Gasteiger partial charge in [0, 0.05) is 31.6 Å². The third-order valence-electron chi connectivity index (χ3n) is 4.99. The minimum absolute atomic E-state index is 0.258. The number of halogens is 1. The summed E-state index contributed by atoms with van der Waals surface area (Å²) >= 11 is 6.23. The number of aromatic nitrogens is 5. The van der Waals surface area contributed by atoms with Gasteiger partial charge in [-0.25, -0.2) is 9.97 Å². The van der Waals surface area contributed by atoms with E-state index in [1.165, 1.54) is 5.56 Å². The van der Waals surface area contributed by atoms with Crippen LogP contribution in [0.25, 0.3) is 0 Å². The highest BCUT2D eigenvalue weighted by atomic mass is 35.5. The number of anilines is 2. The topological polar surface area (TPSA) is 60.6 Å². The second kappa shape index (κ2) is 6.13. The Morgan fingerprint density at radius 2 is 2.04 bits per heavy atom. The quantitative estimate of drug-likeness (QED) is 0.724. The van der Waals surface area contributed by atoms with E-state index in [1.807, 2.05) is 35.6 Å². The van der Waals surface area contributed by atoms with Crippen molar-refractivity contribution < 1.29 is 0 Å². The van der Waals surface area contributed by atoms with Gasteiger partial charge in [0.1, 0.15) is 0 Å². The van der Waals surface area contributed by atoms with Crippen LogP contribution in [-0.4, -0.2) is 24.3 Å². The van der Waals surface area contributed by atoms with Gasteiger partial charge in [0.05, 0.1) is 33.8 Å². The van der Waals surface area contributed by atoms with Crippen molar-refractivity contribution in [2.45, 2.75) is 45.1 Å². The van der Waals surface area contributed by atoms with Gasteiger partial charge in [0.25, 0.3) is 0 Å². The van der Waals surface area contributed by atoms with Crippen molar-refractivity contribution in [2.75, 3.05) is 5.32 Å². The Kier molecular flexibility index (Phi) is 4.03. The Bertz CT molecular complexity index is 951. The van der Waals surface area contributed by atoms with Crippen molar-refractivity contribution in [3.63, 3.8) is 0 Å². The summed E-state index contributed by atoms with van der Waals surface area (Å²) in [7, 11) is 2.02. The van der Waals surface area contributed by atoms with Crippen molar-refractivity contribution in [3.8, 4) is 0 Å². The smallest absolute Gasteiger partial charge is 0.227 e. The predicted molar refractivity (Wildman–Crippen MR) is 103 cm³/mol. The maximum atomic E-state index is 6.23. The molecule has 0 atom stereocenters. The number of hydrogen-bond acceptors (Lipinski definition) is 4. The Morgan fingerprint density at radius 1 is 1.27 bits per heavy atom. The minimum Gasteiger partial charge on any atom is -0.357 e. The lowest BCUT2D eigenvalue weighted by atomic mass is 9.98. The first kappa shape index (κ1) is 17.1. The van der Waals surface area contributed by atoms with E-state index in [0.717, 1.165) is 29.9 Å². The molecule has 0 bridgehead atoms. The number of hydrogen-bond donors (Lipinski definition) is 1.